The number of carbonyl (C=O) groups is 1. The van der Waals surface area contributed by atoms with E-state index in [1.165, 1.54) is 10.2 Å². The summed E-state index contributed by atoms with van der Waals surface area (Å²) in [4.78, 5) is 24.5. The minimum absolute atomic E-state index is 0.0961. The molecular formula is C20H22N4O2. The number of hydrogen-bond donors (Lipinski definition) is 1. The molecule has 6 nitrogen and oxygen atoms in total. The number of nitrogens with zero attached hydrogens (tertiary/aromatic N) is 3. The van der Waals surface area contributed by atoms with E-state index in [4.69, 9.17) is 0 Å². The van der Waals surface area contributed by atoms with Crippen LogP contribution in [0, 0.1) is 0 Å². The lowest BCUT2D eigenvalue weighted by Gasteiger charge is -2.16. The van der Waals surface area contributed by atoms with Crippen molar-refractivity contribution >= 4 is 16.8 Å². The molecule has 0 aliphatic carbocycles. The highest BCUT2D eigenvalue weighted by Gasteiger charge is 2.12. The van der Waals surface area contributed by atoms with Crippen LogP contribution < -0.4 is 10.9 Å². The molecule has 3 rings (SSSR count). The van der Waals surface area contributed by atoms with Crippen LogP contribution in [0.15, 0.2) is 59.4 Å². The number of aryl methyl sites for hydroxylation is 1. The first-order chi connectivity index (χ1) is 12.7. The van der Waals surface area contributed by atoms with Gasteiger partial charge in [-0.1, -0.05) is 54.6 Å². The van der Waals surface area contributed by atoms with E-state index in [0.717, 1.165) is 6.42 Å². The molecule has 0 fully saturated rings. The van der Waals surface area contributed by atoms with Gasteiger partial charge in [-0.3, -0.25) is 9.59 Å². The smallest absolute Gasteiger partial charge is 0.277 e. The van der Waals surface area contributed by atoms with Crippen molar-refractivity contribution in [3.63, 3.8) is 0 Å². The van der Waals surface area contributed by atoms with E-state index in [-0.39, 0.29) is 30.3 Å². The van der Waals surface area contributed by atoms with Gasteiger partial charge in [0.25, 0.3) is 5.56 Å². The second kappa shape index (κ2) is 8.38. The lowest BCUT2D eigenvalue weighted by molar-refractivity contribution is -0.121. The molecule has 2 aromatic carbocycles. The van der Waals surface area contributed by atoms with Crippen molar-refractivity contribution in [1.82, 2.24) is 20.3 Å². The summed E-state index contributed by atoms with van der Waals surface area (Å²) in [6.45, 7) is 2.90. The Morgan fingerprint density at radius 3 is 2.62 bits per heavy atom. The van der Waals surface area contributed by atoms with Gasteiger partial charge in [0, 0.05) is 18.9 Å². The third-order valence-electron chi connectivity index (χ3n) is 4.49. The molecule has 6 heteroatoms. The third-order valence-corrected chi connectivity index (χ3v) is 4.49. The minimum atomic E-state index is -0.223. The molecular weight excluding hydrogens is 328 g/mol. The lowest BCUT2D eigenvalue weighted by Crippen LogP contribution is -2.31. The van der Waals surface area contributed by atoms with Gasteiger partial charge in [-0.2, -0.15) is 0 Å². The van der Waals surface area contributed by atoms with Gasteiger partial charge in [0.15, 0.2) is 0 Å². The van der Waals surface area contributed by atoms with Crippen molar-refractivity contribution < 1.29 is 4.79 Å². The van der Waals surface area contributed by atoms with E-state index in [0.29, 0.717) is 17.4 Å². The first kappa shape index (κ1) is 17.8. The van der Waals surface area contributed by atoms with Crippen molar-refractivity contribution in [3.05, 3.63) is 70.5 Å². The second-order valence-electron chi connectivity index (χ2n) is 6.20. The van der Waals surface area contributed by atoms with Gasteiger partial charge in [-0.15, -0.1) is 5.10 Å². The Hall–Kier alpha value is -3.02. The quantitative estimate of drug-likeness (QED) is 0.710. The number of amides is 1. The van der Waals surface area contributed by atoms with Gasteiger partial charge in [-0.25, -0.2) is 4.68 Å². The second-order valence-corrected chi connectivity index (χ2v) is 6.20. The molecule has 0 aliphatic rings. The van der Waals surface area contributed by atoms with E-state index in [9.17, 15) is 9.59 Å². The van der Waals surface area contributed by atoms with Crippen LogP contribution in [-0.2, 0) is 11.3 Å². The Balaban J connectivity index is 1.57. The molecule has 0 aliphatic heterocycles. The van der Waals surface area contributed by atoms with Crippen LogP contribution in [-0.4, -0.2) is 27.4 Å². The van der Waals surface area contributed by atoms with E-state index in [2.05, 4.69) is 34.7 Å². The Kier molecular flexibility index (Phi) is 5.73. The number of aromatic nitrogens is 3. The number of rotatable bonds is 7. The number of nitrogens with one attached hydrogen (secondary N) is 1. The van der Waals surface area contributed by atoms with Gasteiger partial charge in [0.1, 0.15) is 5.52 Å². The summed E-state index contributed by atoms with van der Waals surface area (Å²) in [6.07, 6.45) is 1.14. The Labute approximate surface area is 151 Å². The summed E-state index contributed by atoms with van der Waals surface area (Å²) in [6, 6.07) is 17.2. The number of hydrogen-bond acceptors (Lipinski definition) is 4. The zero-order valence-electron chi connectivity index (χ0n) is 14.8. The van der Waals surface area contributed by atoms with Crippen LogP contribution in [0.25, 0.3) is 10.9 Å². The summed E-state index contributed by atoms with van der Waals surface area (Å²) in [5, 5.41) is 11.4. The molecule has 1 aromatic heterocycles. The van der Waals surface area contributed by atoms with Crippen LogP contribution in [0.1, 0.15) is 31.2 Å². The first-order valence-corrected chi connectivity index (χ1v) is 8.83. The van der Waals surface area contributed by atoms with Gasteiger partial charge in [0.2, 0.25) is 5.91 Å². The molecule has 1 N–H and O–H groups in total. The summed E-state index contributed by atoms with van der Waals surface area (Å²) in [5.74, 6) is 0.185. The van der Waals surface area contributed by atoms with Crippen molar-refractivity contribution in [2.75, 3.05) is 6.54 Å². The summed E-state index contributed by atoms with van der Waals surface area (Å²) >= 11 is 0. The lowest BCUT2D eigenvalue weighted by atomic mass is 9.96. The Morgan fingerprint density at radius 1 is 1.12 bits per heavy atom. The molecule has 0 unspecified atom stereocenters. The fourth-order valence-electron chi connectivity index (χ4n) is 2.93. The predicted octanol–water partition coefficient (Wildman–Crippen LogP) is 2.49. The number of benzene rings is 2. The molecule has 0 bridgehead atoms. The average molecular weight is 350 g/mol. The largest absolute Gasteiger partial charge is 0.355 e. The molecule has 134 valence electrons. The molecule has 0 radical (unpaired) electrons. The van der Waals surface area contributed by atoms with E-state index in [1.54, 1.807) is 18.2 Å². The fraction of sp³-hybridized carbons (Fsp3) is 0.300. The molecule has 0 saturated heterocycles. The Morgan fingerprint density at radius 2 is 1.85 bits per heavy atom. The maximum absolute atomic E-state index is 12.4. The zero-order valence-corrected chi connectivity index (χ0v) is 14.8. The topological polar surface area (TPSA) is 76.9 Å². The highest BCUT2D eigenvalue weighted by atomic mass is 16.2. The van der Waals surface area contributed by atoms with Gasteiger partial charge in [-0.05, 0) is 24.1 Å². The van der Waals surface area contributed by atoms with Gasteiger partial charge < -0.3 is 5.32 Å². The summed E-state index contributed by atoms with van der Waals surface area (Å²) in [5.41, 5.74) is 1.55. The first-order valence-electron chi connectivity index (χ1n) is 8.83. The summed E-state index contributed by atoms with van der Waals surface area (Å²) < 4.78 is 1.25. The van der Waals surface area contributed by atoms with Crippen molar-refractivity contribution in [2.45, 2.75) is 32.2 Å². The van der Waals surface area contributed by atoms with E-state index < -0.39 is 0 Å². The monoisotopic (exact) mass is 350 g/mol. The van der Waals surface area contributed by atoms with Crippen LogP contribution in [0.3, 0.4) is 0 Å². The molecule has 3 aromatic rings. The van der Waals surface area contributed by atoms with Crippen LogP contribution in [0.5, 0.6) is 0 Å². The SMILES string of the molecule is CC[C@H](CNC(=O)CCn1nnc2ccccc2c1=O)c1ccccc1. The minimum Gasteiger partial charge on any atom is -0.355 e. The molecule has 0 spiro atoms. The third kappa shape index (κ3) is 4.14. The van der Waals surface area contributed by atoms with Gasteiger partial charge in [0.05, 0.1) is 11.9 Å². The zero-order chi connectivity index (χ0) is 18.4. The molecule has 0 saturated carbocycles. The van der Waals surface area contributed by atoms with Crippen LogP contribution in [0.2, 0.25) is 0 Å². The maximum atomic E-state index is 12.4. The number of fused-ring (bicyclic) bond motifs is 1. The fourth-order valence-corrected chi connectivity index (χ4v) is 2.93. The van der Waals surface area contributed by atoms with Crippen molar-refractivity contribution in [1.29, 1.82) is 0 Å². The van der Waals surface area contributed by atoms with Gasteiger partial charge >= 0.3 is 0 Å². The molecule has 1 heterocycles. The normalized spacial score (nSPS) is 12.0. The standard InChI is InChI=1S/C20H22N4O2/c1-2-15(16-8-4-3-5-9-16)14-21-19(25)12-13-24-20(26)17-10-6-7-11-18(17)22-23-24/h3-11,15H,2,12-14H2,1H3,(H,21,25)/t15-/m1/s1. The van der Waals surface area contributed by atoms with E-state index in [1.807, 2.05) is 24.3 Å². The van der Waals surface area contributed by atoms with Crippen LogP contribution in [0.4, 0.5) is 0 Å². The predicted molar refractivity (Wildman–Crippen MR) is 101 cm³/mol. The molecule has 1 amide bonds. The van der Waals surface area contributed by atoms with Crippen LogP contribution >= 0.6 is 0 Å². The molecule has 26 heavy (non-hydrogen) atoms. The average Bonchev–Trinajstić information content (AvgIpc) is 2.69. The van der Waals surface area contributed by atoms with Crippen molar-refractivity contribution in [2.24, 2.45) is 0 Å². The summed E-state index contributed by atoms with van der Waals surface area (Å²) in [7, 11) is 0. The maximum Gasteiger partial charge on any atom is 0.277 e. The van der Waals surface area contributed by atoms with Crippen molar-refractivity contribution in [3.8, 4) is 0 Å². The Bertz CT molecular complexity index is 937. The highest BCUT2D eigenvalue weighted by molar-refractivity contribution is 5.77. The number of carbonyl (C=O) groups excluding carboxylic acids is 1. The van der Waals surface area contributed by atoms with E-state index >= 15 is 0 Å². The highest BCUT2D eigenvalue weighted by Crippen LogP contribution is 2.17. The molecule has 1 atom stereocenters.